The van der Waals surface area contributed by atoms with Gasteiger partial charge in [0, 0.05) is 12.3 Å². The zero-order chi connectivity index (χ0) is 12.8. The normalized spacial score (nSPS) is 12.3. The van der Waals surface area contributed by atoms with Crippen LogP contribution in [0.4, 0.5) is 0 Å². The van der Waals surface area contributed by atoms with Crippen molar-refractivity contribution in [2.75, 3.05) is 13.7 Å². The third kappa shape index (κ3) is 3.71. The molecule has 0 saturated heterocycles. The van der Waals surface area contributed by atoms with E-state index in [-0.39, 0.29) is 24.5 Å². The first-order valence-electron chi connectivity index (χ1n) is 5.50. The molecule has 0 radical (unpaired) electrons. The van der Waals surface area contributed by atoms with Crippen LogP contribution >= 0.6 is 0 Å². The van der Waals surface area contributed by atoms with Gasteiger partial charge in [-0.15, -0.1) is 0 Å². The zero-order valence-electron chi connectivity index (χ0n) is 10.3. The number of aromatic nitrogens is 1. The molecule has 1 rings (SSSR count). The molecule has 2 N–H and O–H groups in total. The molecular formula is C12H18N2O3. The molecule has 0 aliphatic heterocycles. The van der Waals surface area contributed by atoms with E-state index in [1.165, 1.54) is 13.3 Å². The van der Waals surface area contributed by atoms with Crippen molar-refractivity contribution in [2.24, 2.45) is 5.92 Å². The Labute approximate surface area is 101 Å². The van der Waals surface area contributed by atoms with Gasteiger partial charge in [-0.3, -0.25) is 4.79 Å². The fourth-order valence-corrected chi connectivity index (χ4v) is 1.31. The molecule has 5 nitrogen and oxygen atoms in total. The number of methoxy groups -OCH3 is 1. The fourth-order valence-electron chi connectivity index (χ4n) is 1.31. The molecule has 0 aliphatic rings. The van der Waals surface area contributed by atoms with Crippen LogP contribution in [-0.4, -0.2) is 35.8 Å². The number of rotatable bonds is 5. The Morgan fingerprint density at radius 3 is 2.65 bits per heavy atom. The molecule has 0 saturated carbocycles. The predicted octanol–water partition coefficient (Wildman–Crippen LogP) is 0.837. The summed E-state index contributed by atoms with van der Waals surface area (Å²) in [5.41, 5.74) is 0.449. The highest BCUT2D eigenvalue weighted by Gasteiger charge is 2.16. The van der Waals surface area contributed by atoms with Gasteiger partial charge in [-0.2, -0.15) is 0 Å². The van der Waals surface area contributed by atoms with Gasteiger partial charge in [-0.25, -0.2) is 4.98 Å². The van der Waals surface area contributed by atoms with Gasteiger partial charge in [0.15, 0.2) is 0 Å². The Morgan fingerprint density at radius 1 is 1.53 bits per heavy atom. The molecule has 1 amide bonds. The van der Waals surface area contributed by atoms with Crippen molar-refractivity contribution < 1.29 is 14.6 Å². The summed E-state index contributed by atoms with van der Waals surface area (Å²) in [7, 11) is 1.52. The Kier molecular flexibility index (Phi) is 4.90. The Balaban J connectivity index is 2.68. The topological polar surface area (TPSA) is 71.5 Å². The lowest BCUT2D eigenvalue weighted by Gasteiger charge is -2.19. The van der Waals surface area contributed by atoms with Gasteiger partial charge in [0.05, 0.1) is 25.3 Å². The van der Waals surface area contributed by atoms with Crippen LogP contribution < -0.4 is 10.1 Å². The van der Waals surface area contributed by atoms with Crippen molar-refractivity contribution in [2.45, 2.75) is 19.9 Å². The first-order chi connectivity index (χ1) is 8.08. The average Bonchev–Trinajstić information content (AvgIpc) is 2.35. The number of nitrogens with one attached hydrogen (secondary N) is 1. The molecule has 17 heavy (non-hydrogen) atoms. The summed E-state index contributed by atoms with van der Waals surface area (Å²) in [4.78, 5) is 15.8. The summed E-state index contributed by atoms with van der Waals surface area (Å²) in [5, 5.41) is 11.9. The molecular weight excluding hydrogens is 220 g/mol. The van der Waals surface area contributed by atoms with E-state index < -0.39 is 0 Å². The molecule has 0 fully saturated rings. The highest BCUT2D eigenvalue weighted by Crippen LogP contribution is 2.08. The number of pyridine rings is 1. The van der Waals surface area contributed by atoms with Crippen LogP contribution in [0.5, 0.6) is 5.88 Å². The number of aliphatic hydroxyl groups is 1. The number of carbonyl (C=O) groups excluding carboxylic acids is 1. The molecule has 1 unspecified atom stereocenters. The molecule has 0 spiro atoms. The van der Waals surface area contributed by atoms with Crippen LogP contribution in [0.15, 0.2) is 18.3 Å². The van der Waals surface area contributed by atoms with Crippen molar-refractivity contribution >= 4 is 5.91 Å². The summed E-state index contributed by atoms with van der Waals surface area (Å²) >= 11 is 0. The summed E-state index contributed by atoms with van der Waals surface area (Å²) < 4.78 is 4.91. The smallest absolute Gasteiger partial charge is 0.253 e. The quantitative estimate of drug-likeness (QED) is 0.797. The van der Waals surface area contributed by atoms with Crippen LogP contribution in [0.2, 0.25) is 0 Å². The van der Waals surface area contributed by atoms with E-state index in [0.717, 1.165) is 0 Å². The van der Waals surface area contributed by atoms with Crippen molar-refractivity contribution in [3.8, 4) is 5.88 Å². The molecule has 94 valence electrons. The minimum absolute atomic E-state index is 0.0764. The lowest BCUT2D eigenvalue weighted by atomic mass is 10.1. The van der Waals surface area contributed by atoms with Crippen LogP contribution in [0.25, 0.3) is 0 Å². The molecule has 1 atom stereocenters. The largest absolute Gasteiger partial charge is 0.481 e. The Hall–Kier alpha value is -1.62. The number of amides is 1. The number of nitrogens with zero attached hydrogens (tertiary/aromatic N) is 1. The van der Waals surface area contributed by atoms with Gasteiger partial charge >= 0.3 is 0 Å². The van der Waals surface area contributed by atoms with Crippen LogP contribution in [0, 0.1) is 5.92 Å². The minimum atomic E-state index is -0.246. The predicted molar refractivity (Wildman–Crippen MR) is 64.0 cm³/mol. The summed E-state index contributed by atoms with van der Waals surface area (Å²) in [6.45, 7) is 3.80. The number of hydrogen-bond donors (Lipinski definition) is 2. The summed E-state index contributed by atoms with van der Waals surface area (Å²) in [5.74, 6) is 0.396. The molecule has 0 aromatic carbocycles. The van der Waals surface area contributed by atoms with Gasteiger partial charge in [-0.1, -0.05) is 13.8 Å². The van der Waals surface area contributed by atoms with Gasteiger partial charge < -0.3 is 15.2 Å². The molecule has 1 heterocycles. The third-order valence-corrected chi connectivity index (χ3v) is 2.53. The second-order valence-corrected chi connectivity index (χ2v) is 4.10. The highest BCUT2D eigenvalue weighted by atomic mass is 16.5. The molecule has 1 aromatic heterocycles. The summed E-state index contributed by atoms with van der Waals surface area (Å²) in [6, 6.07) is 3.01. The fraction of sp³-hybridized carbons (Fsp3) is 0.500. The lowest BCUT2D eigenvalue weighted by molar-refractivity contribution is 0.0896. The minimum Gasteiger partial charge on any atom is -0.481 e. The van der Waals surface area contributed by atoms with E-state index in [4.69, 9.17) is 9.84 Å². The van der Waals surface area contributed by atoms with Gasteiger partial charge in [0.2, 0.25) is 5.88 Å². The monoisotopic (exact) mass is 238 g/mol. The number of ether oxygens (including phenoxy) is 1. The Morgan fingerprint density at radius 2 is 2.24 bits per heavy atom. The van der Waals surface area contributed by atoms with E-state index in [9.17, 15) is 4.79 Å². The van der Waals surface area contributed by atoms with Crippen molar-refractivity contribution in [1.29, 1.82) is 0 Å². The highest BCUT2D eigenvalue weighted by molar-refractivity contribution is 5.94. The third-order valence-electron chi connectivity index (χ3n) is 2.53. The Bertz CT molecular complexity index is 363. The molecule has 0 aliphatic carbocycles. The molecule has 5 heteroatoms. The first-order valence-corrected chi connectivity index (χ1v) is 5.50. The molecule has 0 bridgehead atoms. The number of aliphatic hydroxyl groups excluding tert-OH is 1. The van der Waals surface area contributed by atoms with Gasteiger partial charge in [-0.05, 0) is 12.0 Å². The van der Waals surface area contributed by atoms with E-state index in [0.29, 0.717) is 11.4 Å². The van der Waals surface area contributed by atoms with E-state index in [2.05, 4.69) is 10.3 Å². The zero-order valence-corrected chi connectivity index (χ0v) is 10.3. The van der Waals surface area contributed by atoms with Crippen molar-refractivity contribution in [3.05, 3.63) is 23.9 Å². The second kappa shape index (κ2) is 6.20. The maximum atomic E-state index is 11.8. The maximum absolute atomic E-state index is 11.8. The number of hydrogen-bond acceptors (Lipinski definition) is 4. The van der Waals surface area contributed by atoms with Crippen molar-refractivity contribution in [3.63, 3.8) is 0 Å². The molecule has 1 aromatic rings. The van der Waals surface area contributed by atoms with Gasteiger partial charge in [0.25, 0.3) is 5.91 Å². The first kappa shape index (κ1) is 13.4. The van der Waals surface area contributed by atoms with E-state index in [1.54, 1.807) is 12.1 Å². The van der Waals surface area contributed by atoms with Crippen molar-refractivity contribution in [1.82, 2.24) is 10.3 Å². The number of carbonyl (C=O) groups is 1. The van der Waals surface area contributed by atoms with Gasteiger partial charge in [0.1, 0.15) is 0 Å². The average molecular weight is 238 g/mol. The maximum Gasteiger partial charge on any atom is 0.253 e. The van der Waals surface area contributed by atoms with E-state index >= 15 is 0 Å². The standard InChI is InChI=1S/C12H18N2O3/c1-8(2)10(7-15)14-12(16)9-4-5-11(17-3)13-6-9/h4-6,8,10,15H,7H2,1-3H3,(H,14,16). The SMILES string of the molecule is COc1ccc(C(=O)NC(CO)C(C)C)cn1. The second-order valence-electron chi connectivity index (χ2n) is 4.10. The van der Waals surface area contributed by atoms with Crippen LogP contribution in [-0.2, 0) is 0 Å². The lowest BCUT2D eigenvalue weighted by Crippen LogP contribution is -2.41. The van der Waals surface area contributed by atoms with Crippen LogP contribution in [0.3, 0.4) is 0 Å². The van der Waals surface area contributed by atoms with E-state index in [1.807, 2.05) is 13.8 Å². The summed E-state index contributed by atoms with van der Waals surface area (Å²) in [6.07, 6.45) is 1.45. The van der Waals surface area contributed by atoms with Crippen LogP contribution in [0.1, 0.15) is 24.2 Å².